The van der Waals surface area contributed by atoms with E-state index in [4.69, 9.17) is 11.6 Å². The van der Waals surface area contributed by atoms with Crippen molar-refractivity contribution in [2.75, 3.05) is 19.0 Å². The molecule has 0 heterocycles. The Hall–Kier alpha value is -1.28. The Morgan fingerprint density at radius 2 is 1.45 bits per heavy atom. The predicted octanol–water partition coefficient (Wildman–Crippen LogP) is 0.641. The fraction of sp³-hybridized carbons (Fsp3) is 0.263. The summed E-state index contributed by atoms with van der Waals surface area (Å²) in [5.41, 5.74) is 1.45. The molecule has 0 saturated heterocycles. The third kappa shape index (κ3) is 3.38. The summed E-state index contributed by atoms with van der Waals surface area (Å²) in [5, 5.41) is 5.40. The van der Waals surface area contributed by atoms with Gasteiger partial charge in [0.2, 0.25) is 0 Å². The lowest BCUT2D eigenvalue weighted by Crippen LogP contribution is -3.10. The van der Waals surface area contributed by atoms with E-state index in [9.17, 15) is 0 Å². The summed E-state index contributed by atoms with van der Waals surface area (Å²) in [5.74, 6) is 0.714. The molecule has 1 unspecified atom stereocenters. The third-order valence-corrected chi connectivity index (χ3v) is 4.45. The monoisotopic (exact) mass is 333 g/mol. The van der Waals surface area contributed by atoms with Crippen LogP contribution in [0.15, 0.2) is 54.6 Å². The maximum absolute atomic E-state index is 5.96. The highest BCUT2D eigenvalue weighted by atomic mass is 35.5. The molecule has 22 heavy (non-hydrogen) atoms. The number of rotatable bonds is 5. The molecule has 3 aromatic rings. The predicted molar refractivity (Wildman–Crippen MR) is 92.2 cm³/mol. The number of hydrogen-bond acceptors (Lipinski definition) is 0. The van der Waals surface area contributed by atoms with Gasteiger partial charge in [0, 0.05) is 5.56 Å². The normalized spacial score (nSPS) is 12.3. The zero-order valence-corrected chi connectivity index (χ0v) is 14.3. The van der Waals surface area contributed by atoms with E-state index in [-0.39, 0.29) is 12.4 Å². The fourth-order valence-corrected chi connectivity index (χ4v) is 3.34. The van der Waals surface area contributed by atoms with Gasteiger partial charge in [-0.2, -0.15) is 0 Å². The van der Waals surface area contributed by atoms with Crippen molar-refractivity contribution in [3.63, 3.8) is 0 Å². The molecule has 116 valence electrons. The first-order valence-corrected chi connectivity index (χ1v) is 8.16. The Morgan fingerprint density at radius 3 is 1.95 bits per heavy atom. The van der Waals surface area contributed by atoms with Crippen LogP contribution in [0.4, 0.5) is 0 Å². The van der Waals surface area contributed by atoms with Crippen molar-refractivity contribution >= 4 is 33.1 Å². The summed E-state index contributed by atoms with van der Waals surface area (Å²) in [6, 6.07) is 19.7. The highest BCUT2D eigenvalue weighted by molar-refractivity contribution is 6.17. The van der Waals surface area contributed by atoms with Gasteiger partial charge in [0.1, 0.15) is 6.54 Å². The lowest BCUT2D eigenvalue weighted by atomic mass is 9.96. The second-order valence-corrected chi connectivity index (χ2v) is 5.89. The second kappa shape index (κ2) is 7.82. The molecule has 3 aromatic carbocycles. The van der Waals surface area contributed by atoms with Crippen molar-refractivity contribution in [3.8, 4) is 0 Å². The van der Waals surface area contributed by atoms with Gasteiger partial charge in [-0.05, 0) is 34.5 Å². The van der Waals surface area contributed by atoms with Crippen molar-refractivity contribution in [1.82, 2.24) is 0 Å². The highest BCUT2D eigenvalue weighted by Gasteiger charge is 2.13. The van der Waals surface area contributed by atoms with Crippen LogP contribution in [0.5, 0.6) is 0 Å². The smallest absolute Gasteiger partial charge is 0.104 e. The minimum Gasteiger partial charge on any atom is -1.00 e. The van der Waals surface area contributed by atoms with Crippen molar-refractivity contribution in [2.45, 2.75) is 13.5 Å². The van der Waals surface area contributed by atoms with Gasteiger partial charge in [-0.1, -0.05) is 48.5 Å². The van der Waals surface area contributed by atoms with Crippen molar-refractivity contribution in [3.05, 3.63) is 60.2 Å². The first-order chi connectivity index (χ1) is 10.3. The zero-order chi connectivity index (χ0) is 14.7. The van der Waals surface area contributed by atoms with Gasteiger partial charge in [-0.25, -0.2) is 0 Å². The van der Waals surface area contributed by atoms with Gasteiger partial charge in [0.05, 0.1) is 19.0 Å². The highest BCUT2D eigenvalue weighted by Crippen LogP contribution is 2.27. The summed E-state index contributed by atoms with van der Waals surface area (Å²) >= 11 is 5.96. The van der Waals surface area contributed by atoms with Crippen LogP contribution in [-0.2, 0) is 6.54 Å². The van der Waals surface area contributed by atoms with E-state index in [2.05, 4.69) is 61.5 Å². The molecule has 0 bridgehead atoms. The van der Waals surface area contributed by atoms with Crippen LogP contribution in [0, 0.1) is 0 Å². The fourth-order valence-electron chi connectivity index (χ4n) is 3.07. The molecule has 0 radical (unpaired) electrons. The molecular formula is C19H21Cl2N. The van der Waals surface area contributed by atoms with Crippen molar-refractivity contribution in [2.24, 2.45) is 0 Å². The van der Waals surface area contributed by atoms with E-state index >= 15 is 0 Å². The average Bonchev–Trinajstić information content (AvgIpc) is 2.53. The lowest BCUT2D eigenvalue weighted by molar-refractivity contribution is -0.909. The van der Waals surface area contributed by atoms with Gasteiger partial charge in [-0.3, -0.25) is 0 Å². The Bertz CT molecular complexity index is 701. The van der Waals surface area contributed by atoms with Gasteiger partial charge >= 0.3 is 0 Å². The number of hydrogen-bond donors (Lipinski definition) is 1. The molecule has 0 aromatic heterocycles. The third-order valence-electron chi connectivity index (χ3n) is 4.26. The summed E-state index contributed by atoms with van der Waals surface area (Å²) in [4.78, 5) is 1.53. The summed E-state index contributed by atoms with van der Waals surface area (Å²) in [6.07, 6.45) is 0. The maximum Gasteiger partial charge on any atom is 0.104 e. The van der Waals surface area contributed by atoms with Gasteiger partial charge in [0.25, 0.3) is 0 Å². The maximum atomic E-state index is 5.96. The molecular weight excluding hydrogens is 313 g/mol. The van der Waals surface area contributed by atoms with Crippen molar-refractivity contribution in [1.29, 1.82) is 0 Å². The number of quaternary nitrogens is 1. The van der Waals surface area contributed by atoms with E-state index in [1.807, 2.05) is 0 Å². The van der Waals surface area contributed by atoms with Crippen LogP contribution in [0.1, 0.15) is 12.5 Å². The molecule has 0 aliphatic heterocycles. The molecule has 1 atom stereocenters. The van der Waals surface area contributed by atoms with Crippen LogP contribution in [0.2, 0.25) is 0 Å². The van der Waals surface area contributed by atoms with Crippen LogP contribution in [-0.4, -0.2) is 19.0 Å². The topological polar surface area (TPSA) is 4.44 Å². The van der Waals surface area contributed by atoms with E-state index in [0.717, 1.165) is 19.6 Å². The minimum atomic E-state index is 0. The summed E-state index contributed by atoms with van der Waals surface area (Å²) in [7, 11) is 0. The molecule has 1 nitrogen and oxygen atoms in total. The Kier molecular flexibility index (Phi) is 6.07. The van der Waals surface area contributed by atoms with Gasteiger partial charge in [0.15, 0.2) is 0 Å². The summed E-state index contributed by atoms with van der Waals surface area (Å²) in [6.45, 7) is 5.38. The Labute approximate surface area is 143 Å². The van der Waals surface area contributed by atoms with Gasteiger partial charge < -0.3 is 17.3 Å². The SMILES string of the molecule is CC[NH+](CCCl)Cc1c2ccccc2cc2ccccc12.[Cl-]. The quantitative estimate of drug-likeness (QED) is 0.516. The molecule has 0 fully saturated rings. The van der Waals surface area contributed by atoms with E-state index in [0.29, 0.717) is 5.88 Å². The van der Waals surface area contributed by atoms with Gasteiger partial charge in [-0.15, -0.1) is 11.6 Å². The number of benzene rings is 3. The Morgan fingerprint density at radius 1 is 0.909 bits per heavy atom. The molecule has 1 N–H and O–H groups in total. The van der Waals surface area contributed by atoms with Crippen molar-refractivity contribution < 1.29 is 17.3 Å². The molecule has 0 amide bonds. The summed E-state index contributed by atoms with van der Waals surface area (Å²) < 4.78 is 0. The number of fused-ring (bicyclic) bond motifs is 2. The minimum absolute atomic E-state index is 0. The largest absolute Gasteiger partial charge is 1.00 e. The number of alkyl halides is 1. The zero-order valence-electron chi connectivity index (χ0n) is 12.8. The molecule has 0 saturated carbocycles. The van der Waals surface area contributed by atoms with Crippen LogP contribution < -0.4 is 17.3 Å². The first kappa shape index (κ1) is 17.1. The average molecular weight is 334 g/mol. The van der Waals surface area contributed by atoms with E-state index < -0.39 is 0 Å². The Balaban J connectivity index is 0.00000176. The van der Waals surface area contributed by atoms with Crippen LogP contribution in [0.3, 0.4) is 0 Å². The standard InChI is InChI=1S/C19H20ClN.ClH/c1-2-21(12-11-20)14-19-17-9-5-3-7-15(17)13-16-8-4-6-10-18(16)19;/h3-10,13H,2,11-12,14H2,1H3;1H. The van der Waals surface area contributed by atoms with Crippen LogP contribution in [0.25, 0.3) is 21.5 Å². The number of nitrogens with one attached hydrogen (secondary N) is 1. The molecule has 0 aliphatic carbocycles. The van der Waals surface area contributed by atoms with E-state index in [1.54, 1.807) is 0 Å². The second-order valence-electron chi connectivity index (χ2n) is 5.52. The molecule has 3 heteroatoms. The molecule has 3 rings (SSSR count). The first-order valence-electron chi connectivity index (χ1n) is 7.62. The lowest BCUT2D eigenvalue weighted by Gasteiger charge is -2.19. The van der Waals surface area contributed by atoms with Crippen LogP contribution >= 0.6 is 11.6 Å². The number of halogens is 2. The molecule has 0 aliphatic rings. The van der Waals surface area contributed by atoms with E-state index in [1.165, 1.54) is 32.0 Å². The molecule has 0 spiro atoms.